The second-order valence-corrected chi connectivity index (χ2v) is 3.93. The molecule has 0 atom stereocenters. The van der Waals surface area contributed by atoms with Crippen LogP contribution in [0, 0.1) is 0 Å². The van der Waals surface area contributed by atoms with Crippen molar-refractivity contribution >= 4 is 28.0 Å². The van der Waals surface area contributed by atoms with Crippen molar-refractivity contribution in [3.8, 4) is 0 Å². The molecule has 0 aromatic carbocycles. The zero-order valence-electron chi connectivity index (χ0n) is 8.10. The molecule has 0 bridgehead atoms. The highest BCUT2D eigenvalue weighted by Crippen LogP contribution is 2.24. The molecule has 0 aliphatic rings. The Labute approximate surface area is 90.2 Å². The Morgan fingerprint density at radius 2 is 2.40 bits per heavy atom. The molecule has 15 heavy (non-hydrogen) atoms. The Kier molecular flexibility index (Phi) is 2.42. The van der Waals surface area contributed by atoms with Crippen molar-refractivity contribution in [2.24, 2.45) is 0 Å². The molecule has 3 N–H and O–H groups in total. The zero-order chi connectivity index (χ0) is 10.8. The lowest BCUT2D eigenvalue weighted by atomic mass is 10.5. The van der Waals surface area contributed by atoms with Gasteiger partial charge in [0.05, 0.1) is 11.2 Å². The molecular formula is C9H10N4OS. The third-order valence-electron chi connectivity index (χ3n) is 1.97. The first-order valence-corrected chi connectivity index (χ1v) is 5.18. The van der Waals surface area contributed by atoms with Crippen molar-refractivity contribution in [2.45, 2.75) is 0 Å². The summed E-state index contributed by atoms with van der Waals surface area (Å²) in [6, 6.07) is 3.88. The van der Waals surface area contributed by atoms with Crippen molar-refractivity contribution < 1.29 is 0 Å². The number of aromatic amines is 1. The number of anilines is 3. The molecule has 2 aromatic heterocycles. The number of aromatic nitrogens is 2. The van der Waals surface area contributed by atoms with Gasteiger partial charge in [0.2, 0.25) is 5.95 Å². The fourth-order valence-corrected chi connectivity index (χ4v) is 1.83. The van der Waals surface area contributed by atoms with E-state index in [9.17, 15) is 4.79 Å². The van der Waals surface area contributed by atoms with Crippen LogP contribution in [-0.4, -0.2) is 17.0 Å². The van der Waals surface area contributed by atoms with E-state index >= 15 is 0 Å². The number of nitrogens with two attached hydrogens (primary N) is 1. The average Bonchev–Trinajstić information content (AvgIpc) is 2.74. The highest BCUT2D eigenvalue weighted by molar-refractivity contribution is 7.14. The highest BCUT2D eigenvalue weighted by Gasteiger charge is 2.07. The number of nitrogens with zero attached hydrogens (tertiary/aromatic N) is 2. The fraction of sp³-hybridized carbons (Fsp3) is 0.111. The number of thiophene rings is 1. The van der Waals surface area contributed by atoms with E-state index < -0.39 is 0 Å². The van der Waals surface area contributed by atoms with E-state index in [1.165, 1.54) is 6.20 Å². The summed E-state index contributed by atoms with van der Waals surface area (Å²) >= 11 is 1.57. The van der Waals surface area contributed by atoms with Gasteiger partial charge in [0.15, 0.2) is 0 Å². The predicted molar refractivity (Wildman–Crippen MR) is 61.7 cm³/mol. The lowest BCUT2D eigenvalue weighted by Gasteiger charge is -2.14. The minimum Gasteiger partial charge on any atom is -0.393 e. The van der Waals surface area contributed by atoms with E-state index in [1.807, 2.05) is 24.6 Å². The van der Waals surface area contributed by atoms with Gasteiger partial charge in [-0.25, -0.2) is 4.98 Å². The minimum absolute atomic E-state index is 0.123. The summed E-state index contributed by atoms with van der Waals surface area (Å²) in [5.74, 6) is 0.483. The number of nitrogen functional groups attached to an aromatic ring is 1. The summed E-state index contributed by atoms with van der Waals surface area (Å²) in [5, 5.41) is 2.96. The van der Waals surface area contributed by atoms with Crippen LogP contribution in [0.3, 0.4) is 0 Å². The Balaban J connectivity index is 2.38. The highest BCUT2D eigenvalue weighted by atomic mass is 32.1. The van der Waals surface area contributed by atoms with Gasteiger partial charge < -0.3 is 10.6 Å². The number of nitrogens with one attached hydrogen (secondary N) is 1. The van der Waals surface area contributed by atoms with Crippen LogP contribution < -0.4 is 16.2 Å². The van der Waals surface area contributed by atoms with E-state index in [-0.39, 0.29) is 11.2 Å². The van der Waals surface area contributed by atoms with E-state index in [0.29, 0.717) is 5.95 Å². The molecule has 2 rings (SSSR count). The van der Waals surface area contributed by atoms with Crippen molar-refractivity contribution in [3.05, 3.63) is 34.1 Å². The molecule has 0 fully saturated rings. The number of H-pyrrole nitrogens is 1. The minimum atomic E-state index is -0.316. The topological polar surface area (TPSA) is 75.0 Å². The van der Waals surface area contributed by atoms with Crippen LogP contribution in [0.1, 0.15) is 0 Å². The Hall–Kier alpha value is -1.82. The van der Waals surface area contributed by atoms with Crippen LogP contribution in [0.5, 0.6) is 0 Å². The molecule has 0 unspecified atom stereocenters. The number of hydrogen-bond acceptors (Lipinski definition) is 5. The lowest BCUT2D eigenvalue weighted by molar-refractivity contribution is 1.03. The van der Waals surface area contributed by atoms with Crippen LogP contribution >= 0.6 is 11.3 Å². The van der Waals surface area contributed by atoms with E-state index in [1.54, 1.807) is 16.2 Å². The monoisotopic (exact) mass is 222 g/mol. The summed E-state index contributed by atoms with van der Waals surface area (Å²) < 4.78 is 0. The van der Waals surface area contributed by atoms with Gasteiger partial charge in [-0.05, 0) is 17.5 Å². The molecule has 2 heterocycles. The fourth-order valence-electron chi connectivity index (χ4n) is 1.13. The maximum Gasteiger partial charge on any atom is 0.275 e. The molecule has 0 radical (unpaired) electrons. The maximum atomic E-state index is 11.3. The first-order valence-electron chi connectivity index (χ1n) is 4.30. The number of hydrogen-bond donors (Lipinski definition) is 2. The van der Waals surface area contributed by atoms with E-state index in [0.717, 1.165) is 5.00 Å². The molecular weight excluding hydrogens is 212 g/mol. The van der Waals surface area contributed by atoms with Crippen LogP contribution in [0.25, 0.3) is 0 Å². The van der Waals surface area contributed by atoms with Crippen LogP contribution in [-0.2, 0) is 0 Å². The first-order chi connectivity index (χ1) is 7.18. The molecule has 5 nitrogen and oxygen atoms in total. The second kappa shape index (κ2) is 3.74. The Morgan fingerprint density at radius 3 is 3.00 bits per heavy atom. The predicted octanol–water partition coefficient (Wildman–Crippen LogP) is 1.18. The quantitative estimate of drug-likeness (QED) is 0.800. The molecule has 0 amide bonds. The van der Waals surface area contributed by atoms with Gasteiger partial charge in [-0.3, -0.25) is 9.78 Å². The van der Waals surface area contributed by atoms with Crippen molar-refractivity contribution in [3.63, 3.8) is 0 Å². The molecule has 6 heteroatoms. The van der Waals surface area contributed by atoms with Gasteiger partial charge >= 0.3 is 0 Å². The summed E-state index contributed by atoms with van der Waals surface area (Å²) in [5.41, 5.74) is 5.19. The standard InChI is InChI=1S/C9H10N4OS/c1-13(7-3-2-4-15-7)9-11-5-6(10)8(14)12-9/h2-5H,10H2,1H3,(H,11,12,14). The third kappa shape index (κ3) is 1.84. The molecule has 0 spiro atoms. The summed E-state index contributed by atoms with van der Waals surface area (Å²) in [4.78, 5) is 19.7. The second-order valence-electron chi connectivity index (χ2n) is 3.00. The lowest BCUT2D eigenvalue weighted by Crippen LogP contribution is -2.19. The normalized spacial score (nSPS) is 10.2. The molecule has 0 saturated carbocycles. The van der Waals surface area contributed by atoms with Gasteiger partial charge in [0.25, 0.3) is 5.56 Å². The van der Waals surface area contributed by atoms with Gasteiger partial charge in [0, 0.05) is 7.05 Å². The van der Waals surface area contributed by atoms with Gasteiger partial charge in [0.1, 0.15) is 5.69 Å². The van der Waals surface area contributed by atoms with Crippen molar-refractivity contribution in [1.29, 1.82) is 0 Å². The van der Waals surface area contributed by atoms with Crippen molar-refractivity contribution in [2.75, 3.05) is 17.7 Å². The SMILES string of the molecule is CN(c1ncc(N)c(=O)[nH]1)c1cccs1. The first kappa shape index (κ1) is 9.72. The van der Waals surface area contributed by atoms with Crippen molar-refractivity contribution in [1.82, 2.24) is 9.97 Å². The maximum absolute atomic E-state index is 11.3. The van der Waals surface area contributed by atoms with E-state index in [4.69, 9.17) is 5.73 Å². The zero-order valence-corrected chi connectivity index (χ0v) is 8.91. The summed E-state index contributed by atoms with van der Waals surface area (Å²) in [6.07, 6.45) is 1.36. The van der Waals surface area contributed by atoms with Gasteiger partial charge in [-0.2, -0.15) is 0 Å². The Morgan fingerprint density at radius 1 is 1.60 bits per heavy atom. The smallest absolute Gasteiger partial charge is 0.275 e. The molecule has 0 aliphatic heterocycles. The van der Waals surface area contributed by atoms with E-state index in [2.05, 4.69) is 9.97 Å². The summed E-state index contributed by atoms with van der Waals surface area (Å²) in [7, 11) is 1.83. The van der Waals surface area contributed by atoms with Crippen LogP contribution in [0.4, 0.5) is 16.6 Å². The molecule has 78 valence electrons. The van der Waals surface area contributed by atoms with Crippen LogP contribution in [0.2, 0.25) is 0 Å². The van der Waals surface area contributed by atoms with Gasteiger partial charge in [-0.15, -0.1) is 11.3 Å². The molecule has 2 aromatic rings. The largest absolute Gasteiger partial charge is 0.393 e. The average molecular weight is 222 g/mol. The molecule has 0 saturated heterocycles. The van der Waals surface area contributed by atoms with Crippen LogP contribution in [0.15, 0.2) is 28.5 Å². The van der Waals surface area contributed by atoms with Gasteiger partial charge in [-0.1, -0.05) is 0 Å². The number of rotatable bonds is 2. The summed E-state index contributed by atoms with van der Waals surface area (Å²) in [6.45, 7) is 0. The molecule has 0 aliphatic carbocycles. The third-order valence-corrected chi connectivity index (χ3v) is 2.91. The Bertz CT molecular complexity index is 505.